The lowest BCUT2D eigenvalue weighted by atomic mass is 9.68. The molecule has 0 saturated carbocycles. The average Bonchev–Trinajstić information content (AvgIpc) is 2.10. The van der Waals surface area contributed by atoms with E-state index in [1.165, 1.54) is 18.4 Å². The summed E-state index contributed by atoms with van der Waals surface area (Å²) in [5.74, 6) is 0.610. The van der Waals surface area contributed by atoms with Gasteiger partial charge in [-0.05, 0) is 44.6 Å². The van der Waals surface area contributed by atoms with Gasteiger partial charge in [-0.15, -0.1) is 0 Å². The number of carbonyl (C=O) groups is 1. The third-order valence-electron chi connectivity index (χ3n) is 3.56. The first-order valence-corrected chi connectivity index (χ1v) is 5.70. The van der Waals surface area contributed by atoms with Crippen LogP contribution >= 0.6 is 0 Å². The second-order valence-corrected chi connectivity index (χ2v) is 5.36. The number of Topliss-reactive ketones (excluding diaryl/α,β-unsaturated/α-hetero) is 1. The summed E-state index contributed by atoms with van der Waals surface area (Å²) in [6, 6.07) is 0. The van der Waals surface area contributed by atoms with Crippen LogP contribution in [0.25, 0.3) is 0 Å². The van der Waals surface area contributed by atoms with E-state index in [9.17, 15) is 4.79 Å². The molecule has 0 amide bonds. The fourth-order valence-electron chi connectivity index (χ4n) is 2.30. The van der Waals surface area contributed by atoms with Gasteiger partial charge in [0, 0.05) is 5.92 Å². The molecule has 0 aromatic rings. The van der Waals surface area contributed by atoms with Gasteiger partial charge in [-0.2, -0.15) is 0 Å². The van der Waals surface area contributed by atoms with E-state index in [1.54, 1.807) is 6.92 Å². The monoisotopic (exact) mass is 206 g/mol. The predicted molar refractivity (Wildman–Crippen MR) is 64.7 cm³/mol. The van der Waals surface area contributed by atoms with Gasteiger partial charge in [0.2, 0.25) is 0 Å². The van der Waals surface area contributed by atoms with E-state index in [2.05, 4.69) is 32.9 Å². The van der Waals surface area contributed by atoms with Crippen LogP contribution in [0.15, 0.2) is 23.3 Å². The predicted octanol–water partition coefficient (Wildman–Crippen LogP) is 3.90. The number of rotatable bonds is 2. The smallest absolute Gasteiger partial charge is 0.155 e. The zero-order valence-corrected chi connectivity index (χ0v) is 10.6. The first kappa shape index (κ1) is 12.2. The second kappa shape index (κ2) is 4.34. The van der Waals surface area contributed by atoms with Crippen molar-refractivity contribution < 1.29 is 4.79 Å². The number of hydrogen-bond acceptors (Lipinski definition) is 1. The SMILES string of the molecule is CC(=O)C(C)=CC1C(C)=CCCC1(C)C. The van der Waals surface area contributed by atoms with Crippen molar-refractivity contribution in [2.75, 3.05) is 0 Å². The van der Waals surface area contributed by atoms with Crippen LogP contribution in [0.3, 0.4) is 0 Å². The number of carbonyl (C=O) groups excluding carboxylic acids is 1. The topological polar surface area (TPSA) is 17.1 Å². The highest BCUT2D eigenvalue weighted by Crippen LogP contribution is 2.42. The summed E-state index contributed by atoms with van der Waals surface area (Å²) in [4.78, 5) is 11.2. The van der Waals surface area contributed by atoms with Crippen molar-refractivity contribution >= 4 is 5.78 Å². The third kappa shape index (κ3) is 2.80. The molecule has 0 fully saturated rings. The van der Waals surface area contributed by atoms with E-state index in [4.69, 9.17) is 0 Å². The van der Waals surface area contributed by atoms with E-state index in [0.717, 1.165) is 5.57 Å². The molecule has 0 radical (unpaired) electrons. The van der Waals surface area contributed by atoms with Crippen LogP contribution in [0.1, 0.15) is 47.5 Å². The summed E-state index contributed by atoms with van der Waals surface area (Å²) in [5, 5.41) is 0. The van der Waals surface area contributed by atoms with Crippen LogP contribution in [0.2, 0.25) is 0 Å². The summed E-state index contributed by atoms with van der Waals surface area (Å²) >= 11 is 0. The maximum absolute atomic E-state index is 11.2. The highest BCUT2D eigenvalue weighted by Gasteiger charge is 2.31. The highest BCUT2D eigenvalue weighted by atomic mass is 16.1. The lowest BCUT2D eigenvalue weighted by Crippen LogP contribution is -2.26. The van der Waals surface area contributed by atoms with E-state index in [1.807, 2.05) is 6.92 Å². The van der Waals surface area contributed by atoms with Gasteiger partial charge in [-0.1, -0.05) is 31.6 Å². The summed E-state index contributed by atoms with van der Waals surface area (Å²) in [7, 11) is 0. The van der Waals surface area contributed by atoms with E-state index in [0.29, 0.717) is 5.92 Å². The molecule has 0 aromatic carbocycles. The molecule has 0 spiro atoms. The molecule has 1 aliphatic carbocycles. The Morgan fingerprint density at radius 3 is 2.53 bits per heavy atom. The first-order chi connectivity index (χ1) is 6.84. The van der Waals surface area contributed by atoms with Crippen LogP contribution in [0.5, 0.6) is 0 Å². The van der Waals surface area contributed by atoms with Crippen molar-refractivity contribution in [3.63, 3.8) is 0 Å². The van der Waals surface area contributed by atoms with Crippen LogP contribution < -0.4 is 0 Å². The summed E-state index contributed by atoms with van der Waals surface area (Å²) in [6.45, 7) is 10.3. The van der Waals surface area contributed by atoms with E-state index >= 15 is 0 Å². The molecule has 0 aliphatic heterocycles. The van der Waals surface area contributed by atoms with Crippen molar-refractivity contribution in [1.29, 1.82) is 0 Å². The van der Waals surface area contributed by atoms with Gasteiger partial charge < -0.3 is 0 Å². The van der Waals surface area contributed by atoms with Crippen LogP contribution in [-0.4, -0.2) is 5.78 Å². The number of allylic oxidation sites excluding steroid dienone is 4. The van der Waals surface area contributed by atoms with Crippen LogP contribution in [0.4, 0.5) is 0 Å². The lowest BCUT2D eigenvalue weighted by Gasteiger charge is -2.37. The molecule has 0 N–H and O–H groups in total. The van der Waals surface area contributed by atoms with Gasteiger partial charge in [0.15, 0.2) is 5.78 Å². The molecule has 0 heterocycles. The maximum atomic E-state index is 11.2. The van der Waals surface area contributed by atoms with Crippen molar-refractivity contribution in [3.05, 3.63) is 23.3 Å². The minimum atomic E-state index is 0.184. The van der Waals surface area contributed by atoms with Crippen molar-refractivity contribution in [2.45, 2.75) is 47.5 Å². The van der Waals surface area contributed by atoms with E-state index in [-0.39, 0.29) is 11.2 Å². The van der Waals surface area contributed by atoms with Gasteiger partial charge in [-0.25, -0.2) is 0 Å². The van der Waals surface area contributed by atoms with Crippen LogP contribution in [-0.2, 0) is 4.79 Å². The average molecular weight is 206 g/mol. The van der Waals surface area contributed by atoms with Gasteiger partial charge in [0.1, 0.15) is 0 Å². The fourth-order valence-corrected chi connectivity index (χ4v) is 2.30. The molecular weight excluding hydrogens is 184 g/mol. The van der Waals surface area contributed by atoms with Crippen molar-refractivity contribution in [1.82, 2.24) is 0 Å². The Hall–Kier alpha value is -0.850. The van der Waals surface area contributed by atoms with Gasteiger partial charge in [-0.3, -0.25) is 4.79 Å². The zero-order chi connectivity index (χ0) is 11.6. The third-order valence-corrected chi connectivity index (χ3v) is 3.56. The van der Waals surface area contributed by atoms with Gasteiger partial charge >= 0.3 is 0 Å². The molecule has 1 nitrogen and oxygen atoms in total. The molecular formula is C14H22O. The first-order valence-electron chi connectivity index (χ1n) is 5.70. The largest absolute Gasteiger partial charge is 0.295 e. The van der Waals surface area contributed by atoms with E-state index < -0.39 is 0 Å². The zero-order valence-electron chi connectivity index (χ0n) is 10.6. The lowest BCUT2D eigenvalue weighted by molar-refractivity contribution is -0.113. The molecule has 0 bridgehead atoms. The summed E-state index contributed by atoms with van der Waals surface area (Å²) in [5.41, 5.74) is 2.59. The molecule has 84 valence electrons. The molecule has 1 atom stereocenters. The number of ketones is 1. The Morgan fingerprint density at radius 1 is 1.47 bits per heavy atom. The minimum Gasteiger partial charge on any atom is -0.295 e. The fraction of sp³-hybridized carbons (Fsp3) is 0.643. The summed E-state index contributed by atoms with van der Waals surface area (Å²) < 4.78 is 0. The Balaban J connectivity index is 3.00. The Morgan fingerprint density at radius 2 is 2.07 bits per heavy atom. The molecule has 15 heavy (non-hydrogen) atoms. The summed E-state index contributed by atoms with van der Waals surface area (Å²) in [6.07, 6.45) is 6.83. The Labute approximate surface area is 93.3 Å². The van der Waals surface area contributed by atoms with Crippen molar-refractivity contribution in [2.24, 2.45) is 11.3 Å². The van der Waals surface area contributed by atoms with Gasteiger partial charge in [0.05, 0.1) is 0 Å². The Bertz CT molecular complexity index is 318. The standard InChI is InChI=1S/C14H22O/c1-10-7-6-8-14(4,5)13(10)9-11(2)12(3)15/h7,9,13H,6,8H2,1-5H3. The van der Waals surface area contributed by atoms with Gasteiger partial charge in [0.25, 0.3) is 0 Å². The maximum Gasteiger partial charge on any atom is 0.155 e. The molecule has 0 saturated heterocycles. The molecule has 1 aliphatic rings. The minimum absolute atomic E-state index is 0.184. The Kier molecular flexibility index (Phi) is 3.54. The molecule has 0 aromatic heterocycles. The highest BCUT2D eigenvalue weighted by molar-refractivity contribution is 5.92. The molecule has 1 heteroatoms. The quantitative estimate of drug-likeness (QED) is 0.494. The van der Waals surface area contributed by atoms with Crippen LogP contribution in [0, 0.1) is 11.3 Å². The molecule has 1 unspecified atom stereocenters. The van der Waals surface area contributed by atoms with Crippen molar-refractivity contribution in [3.8, 4) is 0 Å². The second-order valence-electron chi connectivity index (χ2n) is 5.36. The molecule has 1 rings (SSSR count). The number of hydrogen-bond donors (Lipinski definition) is 0. The normalized spacial score (nSPS) is 26.1.